The fourth-order valence-corrected chi connectivity index (χ4v) is 3.07. The van der Waals surface area contributed by atoms with Gasteiger partial charge >= 0.3 is 0 Å². The van der Waals surface area contributed by atoms with Crippen molar-refractivity contribution >= 4 is 0 Å². The molecule has 2 saturated heterocycles. The standard InChI is InChI=1S/C13H23N5O2/c1(5-13-14-16-17-15-13)2-6-18-7-9-19-10-11(18)12-4-3-8-20-12/h11-12H,1-10H2,(H,14,15,16,17). The Balaban J connectivity index is 1.42. The summed E-state index contributed by atoms with van der Waals surface area (Å²) in [5.74, 6) is 0.808. The van der Waals surface area contributed by atoms with Crippen molar-refractivity contribution in [3.8, 4) is 0 Å². The van der Waals surface area contributed by atoms with Gasteiger partial charge < -0.3 is 9.47 Å². The largest absolute Gasteiger partial charge is 0.378 e. The topological polar surface area (TPSA) is 76.2 Å². The number of aromatic nitrogens is 4. The lowest BCUT2D eigenvalue weighted by atomic mass is 10.1. The van der Waals surface area contributed by atoms with E-state index in [0.29, 0.717) is 12.1 Å². The number of morpholine rings is 1. The Kier molecular flexibility index (Phi) is 4.94. The van der Waals surface area contributed by atoms with Gasteiger partial charge in [0.2, 0.25) is 0 Å². The van der Waals surface area contributed by atoms with Gasteiger partial charge in [0.15, 0.2) is 5.82 Å². The normalized spacial score (nSPS) is 28.0. The maximum absolute atomic E-state index is 5.83. The number of ether oxygens (including phenoxy) is 2. The van der Waals surface area contributed by atoms with E-state index in [1.807, 2.05) is 0 Å². The number of nitrogens with zero attached hydrogens (tertiary/aromatic N) is 4. The minimum absolute atomic E-state index is 0.368. The summed E-state index contributed by atoms with van der Waals surface area (Å²) in [6, 6.07) is 0.441. The number of aromatic amines is 1. The van der Waals surface area contributed by atoms with Crippen LogP contribution >= 0.6 is 0 Å². The van der Waals surface area contributed by atoms with E-state index < -0.39 is 0 Å². The minimum atomic E-state index is 0.368. The number of nitrogens with one attached hydrogen (secondary N) is 1. The maximum Gasteiger partial charge on any atom is 0.174 e. The molecule has 0 amide bonds. The second-order valence-electron chi connectivity index (χ2n) is 5.51. The first-order valence-corrected chi connectivity index (χ1v) is 7.59. The molecule has 2 fully saturated rings. The van der Waals surface area contributed by atoms with E-state index in [4.69, 9.17) is 9.47 Å². The Morgan fingerprint density at radius 3 is 3.10 bits per heavy atom. The van der Waals surface area contributed by atoms with E-state index in [2.05, 4.69) is 25.5 Å². The highest BCUT2D eigenvalue weighted by Gasteiger charge is 2.32. The van der Waals surface area contributed by atoms with Crippen LogP contribution in [0.3, 0.4) is 0 Å². The summed E-state index contributed by atoms with van der Waals surface area (Å²) in [5, 5.41) is 14.0. The zero-order valence-electron chi connectivity index (χ0n) is 11.8. The summed E-state index contributed by atoms with van der Waals surface area (Å²) in [6.45, 7) is 4.69. The number of H-pyrrole nitrogens is 1. The van der Waals surface area contributed by atoms with Crippen LogP contribution in [0.15, 0.2) is 0 Å². The Bertz CT molecular complexity index is 380. The van der Waals surface area contributed by atoms with Crippen molar-refractivity contribution in [1.29, 1.82) is 0 Å². The summed E-state index contributed by atoms with van der Waals surface area (Å²) in [6.07, 6.45) is 5.87. The molecule has 2 aliphatic heterocycles. The molecule has 0 bridgehead atoms. The van der Waals surface area contributed by atoms with Crippen LogP contribution in [0.25, 0.3) is 0 Å². The monoisotopic (exact) mass is 281 g/mol. The molecule has 0 aromatic carbocycles. The van der Waals surface area contributed by atoms with Crippen LogP contribution < -0.4 is 0 Å². The van der Waals surface area contributed by atoms with Crippen molar-refractivity contribution in [2.45, 2.75) is 44.2 Å². The van der Waals surface area contributed by atoms with E-state index in [1.54, 1.807) is 0 Å². The molecule has 20 heavy (non-hydrogen) atoms. The van der Waals surface area contributed by atoms with Crippen LogP contribution in [0.1, 0.15) is 31.5 Å². The van der Waals surface area contributed by atoms with Crippen molar-refractivity contribution in [2.24, 2.45) is 0 Å². The summed E-state index contributed by atoms with van der Waals surface area (Å²) < 4.78 is 11.5. The lowest BCUT2D eigenvalue weighted by molar-refractivity contribution is -0.0654. The van der Waals surface area contributed by atoms with Gasteiger partial charge in [-0.05, 0) is 32.2 Å². The number of hydrogen-bond acceptors (Lipinski definition) is 6. The van der Waals surface area contributed by atoms with Crippen LogP contribution in [-0.2, 0) is 15.9 Å². The highest BCUT2D eigenvalue weighted by molar-refractivity contribution is 4.85. The van der Waals surface area contributed by atoms with Gasteiger partial charge in [-0.1, -0.05) is 5.21 Å². The molecule has 2 aliphatic rings. The second kappa shape index (κ2) is 7.10. The van der Waals surface area contributed by atoms with E-state index >= 15 is 0 Å². The van der Waals surface area contributed by atoms with Crippen LogP contribution in [0.4, 0.5) is 0 Å². The lowest BCUT2D eigenvalue weighted by Gasteiger charge is -2.38. The third kappa shape index (κ3) is 3.53. The molecular formula is C13H23N5O2. The molecule has 7 heteroatoms. The first-order chi connectivity index (χ1) is 9.93. The van der Waals surface area contributed by atoms with E-state index in [-0.39, 0.29) is 0 Å². The molecule has 2 atom stereocenters. The molecule has 1 aromatic rings. The smallest absolute Gasteiger partial charge is 0.174 e. The van der Waals surface area contributed by atoms with Gasteiger partial charge in [-0.2, -0.15) is 5.21 Å². The summed E-state index contributed by atoms with van der Waals surface area (Å²) in [7, 11) is 0. The molecular weight excluding hydrogens is 258 g/mol. The highest BCUT2D eigenvalue weighted by Crippen LogP contribution is 2.22. The number of rotatable bonds is 6. The quantitative estimate of drug-likeness (QED) is 0.761. The number of aryl methyl sites for hydroxylation is 1. The molecule has 0 radical (unpaired) electrons. The fraction of sp³-hybridized carbons (Fsp3) is 0.923. The van der Waals surface area contributed by atoms with Crippen LogP contribution in [0, 0.1) is 0 Å². The van der Waals surface area contributed by atoms with Gasteiger partial charge in [-0.25, -0.2) is 0 Å². The Labute approximate surface area is 119 Å². The summed E-state index contributed by atoms with van der Waals surface area (Å²) >= 11 is 0. The van der Waals surface area contributed by atoms with Gasteiger partial charge in [0.05, 0.1) is 25.4 Å². The third-order valence-corrected chi connectivity index (χ3v) is 4.16. The molecule has 112 valence electrons. The predicted molar refractivity (Wildman–Crippen MR) is 72.3 cm³/mol. The van der Waals surface area contributed by atoms with Crippen molar-refractivity contribution in [3.05, 3.63) is 5.82 Å². The molecule has 1 aromatic heterocycles. The lowest BCUT2D eigenvalue weighted by Crippen LogP contribution is -2.51. The van der Waals surface area contributed by atoms with E-state index in [0.717, 1.165) is 58.0 Å². The first-order valence-electron chi connectivity index (χ1n) is 7.59. The second-order valence-corrected chi connectivity index (χ2v) is 5.51. The number of unbranched alkanes of at least 4 members (excludes halogenated alkanes) is 1. The van der Waals surface area contributed by atoms with Crippen molar-refractivity contribution in [1.82, 2.24) is 25.5 Å². The van der Waals surface area contributed by atoms with Crippen LogP contribution in [-0.4, -0.2) is 70.6 Å². The third-order valence-electron chi connectivity index (χ3n) is 4.16. The average Bonchev–Trinajstić information content (AvgIpc) is 3.17. The summed E-state index contributed by atoms with van der Waals surface area (Å²) in [5.41, 5.74) is 0. The molecule has 3 heterocycles. The van der Waals surface area contributed by atoms with Crippen LogP contribution in [0.5, 0.6) is 0 Å². The molecule has 2 unspecified atom stereocenters. The molecule has 0 aliphatic carbocycles. The minimum Gasteiger partial charge on any atom is -0.378 e. The first kappa shape index (κ1) is 13.9. The zero-order chi connectivity index (χ0) is 13.6. The highest BCUT2D eigenvalue weighted by atomic mass is 16.5. The molecule has 0 spiro atoms. The van der Waals surface area contributed by atoms with Gasteiger partial charge in [-0.15, -0.1) is 10.2 Å². The molecule has 7 nitrogen and oxygen atoms in total. The average molecular weight is 281 g/mol. The van der Waals surface area contributed by atoms with Crippen molar-refractivity contribution < 1.29 is 9.47 Å². The van der Waals surface area contributed by atoms with Gasteiger partial charge in [0, 0.05) is 19.6 Å². The fourth-order valence-electron chi connectivity index (χ4n) is 3.07. The zero-order valence-corrected chi connectivity index (χ0v) is 11.8. The van der Waals surface area contributed by atoms with Gasteiger partial charge in [0.25, 0.3) is 0 Å². The number of tetrazole rings is 1. The van der Waals surface area contributed by atoms with Crippen molar-refractivity contribution in [3.63, 3.8) is 0 Å². The predicted octanol–water partition coefficient (Wildman–Crippen LogP) is 0.402. The summed E-state index contributed by atoms with van der Waals surface area (Å²) in [4.78, 5) is 2.54. The van der Waals surface area contributed by atoms with Crippen molar-refractivity contribution in [2.75, 3.05) is 32.9 Å². The molecule has 1 N–H and O–H groups in total. The van der Waals surface area contributed by atoms with E-state index in [1.165, 1.54) is 12.8 Å². The maximum atomic E-state index is 5.83. The van der Waals surface area contributed by atoms with Gasteiger partial charge in [-0.3, -0.25) is 4.90 Å². The Morgan fingerprint density at radius 1 is 1.30 bits per heavy atom. The number of hydrogen-bond donors (Lipinski definition) is 1. The Morgan fingerprint density at radius 2 is 2.30 bits per heavy atom. The van der Waals surface area contributed by atoms with Gasteiger partial charge in [0.1, 0.15) is 0 Å². The van der Waals surface area contributed by atoms with Crippen LogP contribution in [0.2, 0.25) is 0 Å². The molecule has 0 saturated carbocycles. The molecule has 3 rings (SSSR count). The SMILES string of the molecule is C(CCN1CCOCC1C1CCCO1)Cc1nn[nH]n1. The van der Waals surface area contributed by atoms with E-state index in [9.17, 15) is 0 Å². The Hall–Kier alpha value is -1.05.